The maximum Gasteiger partial charge on any atom is 0.263 e. The smallest absolute Gasteiger partial charge is 0.263 e. The SMILES string of the molecule is COC1(C)CN(N2C(=O)C(C#N)c3ccccc32)C1. The number of nitriles is 1. The molecule has 2 aliphatic heterocycles. The Labute approximate surface area is 111 Å². The van der Waals surface area contributed by atoms with E-state index in [9.17, 15) is 10.1 Å². The third-order valence-corrected chi connectivity index (χ3v) is 3.87. The topological polar surface area (TPSA) is 56.6 Å². The molecule has 1 aromatic carbocycles. The summed E-state index contributed by atoms with van der Waals surface area (Å²) in [5, 5.41) is 12.7. The molecule has 1 atom stereocenters. The van der Waals surface area contributed by atoms with Gasteiger partial charge in [-0.2, -0.15) is 5.26 Å². The lowest BCUT2D eigenvalue weighted by Crippen LogP contribution is -2.67. The number of nitrogens with zero attached hydrogens (tertiary/aromatic N) is 3. The molecule has 5 nitrogen and oxygen atoms in total. The Balaban J connectivity index is 1.92. The predicted molar refractivity (Wildman–Crippen MR) is 69.3 cm³/mol. The molecule has 3 rings (SSSR count). The molecule has 0 aliphatic carbocycles. The van der Waals surface area contributed by atoms with Crippen LogP contribution in [-0.2, 0) is 9.53 Å². The molecule has 0 bridgehead atoms. The normalized spacial score (nSPS) is 24.8. The summed E-state index contributed by atoms with van der Waals surface area (Å²) < 4.78 is 5.40. The van der Waals surface area contributed by atoms with Gasteiger partial charge in [0.05, 0.1) is 17.4 Å². The molecule has 98 valence electrons. The van der Waals surface area contributed by atoms with Gasteiger partial charge in [0.2, 0.25) is 0 Å². The predicted octanol–water partition coefficient (Wildman–Crippen LogP) is 1.28. The molecule has 1 saturated heterocycles. The molecule has 0 N–H and O–H groups in total. The van der Waals surface area contributed by atoms with Crippen LogP contribution in [0.25, 0.3) is 0 Å². The number of anilines is 1. The van der Waals surface area contributed by atoms with Crippen LogP contribution in [0, 0.1) is 11.3 Å². The standard InChI is InChI=1S/C14H15N3O2/c1-14(19-2)8-16(9-14)17-12-6-4-3-5-10(12)11(7-15)13(17)18/h3-6,11H,8-9H2,1-2H3. The number of carbonyl (C=O) groups excluding carboxylic acids is 1. The Morgan fingerprint density at radius 2 is 2.11 bits per heavy atom. The molecule has 2 aliphatic rings. The summed E-state index contributed by atoms with van der Waals surface area (Å²) in [6, 6.07) is 9.55. The summed E-state index contributed by atoms with van der Waals surface area (Å²) in [7, 11) is 1.68. The highest BCUT2D eigenvalue weighted by Crippen LogP contribution is 2.40. The summed E-state index contributed by atoms with van der Waals surface area (Å²) in [5.74, 6) is -0.854. The van der Waals surface area contributed by atoms with Gasteiger partial charge in [-0.25, -0.2) is 10.0 Å². The fourth-order valence-corrected chi connectivity index (χ4v) is 2.71. The number of hydrazine groups is 1. The highest BCUT2D eigenvalue weighted by molar-refractivity contribution is 6.06. The molecule has 19 heavy (non-hydrogen) atoms. The molecule has 0 aromatic heterocycles. The second kappa shape index (κ2) is 4.05. The van der Waals surface area contributed by atoms with Gasteiger partial charge < -0.3 is 4.74 Å². The number of ether oxygens (including phenoxy) is 1. The molecular weight excluding hydrogens is 242 g/mol. The van der Waals surface area contributed by atoms with Crippen LogP contribution >= 0.6 is 0 Å². The molecular formula is C14H15N3O2. The van der Waals surface area contributed by atoms with Crippen LogP contribution in [-0.4, -0.2) is 36.7 Å². The Morgan fingerprint density at radius 1 is 1.42 bits per heavy atom. The number of hydrogen-bond donors (Lipinski definition) is 0. The minimum atomic E-state index is -0.689. The first-order chi connectivity index (χ1) is 9.09. The van der Waals surface area contributed by atoms with E-state index in [1.54, 1.807) is 12.1 Å². The van der Waals surface area contributed by atoms with E-state index < -0.39 is 5.92 Å². The van der Waals surface area contributed by atoms with Crippen molar-refractivity contribution < 1.29 is 9.53 Å². The van der Waals surface area contributed by atoms with Crippen molar-refractivity contribution in [2.45, 2.75) is 18.4 Å². The number of fused-ring (bicyclic) bond motifs is 1. The van der Waals surface area contributed by atoms with Gasteiger partial charge in [0.1, 0.15) is 0 Å². The Morgan fingerprint density at radius 3 is 2.74 bits per heavy atom. The van der Waals surface area contributed by atoms with Crippen LogP contribution in [0.2, 0.25) is 0 Å². The highest BCUT2D eigenvalue weighted by atomic mass is 16.5. The second-order valence-corrected chi connectivity index (χ2v) is 5.25. The van der Waals surface area contributed by atoms with E-state index in [1.807, 2.05) is 36.2 Å². The van der Waals surface area contributed by atoms with Crippen LogP contribution in [0.3, 0.4) is 0 Å². The first-order valence-electron chi connectivity index (χ1n) is 6.22. The van der Waals surface area contributed by atoms with Crippen molar-refractivity contribution in [1.82, 2.24) is 5.01 Å². The number of amides is 1. The lowest BCUT2D eigenvalue weighted by Gasteiger charge is -2.50. The van der Waals surface area contributed by atoms with Crippen molar-refractivity contribution in [3.63, 3.8) is 0 Å². The van der Waals surface area contributed by atoms with Crippen molar-refractivity contribution in [2.24, 2.45) is 0 Å². The van der Waals surface area contributed by atoms with Crippen LogP contribution < -0.4 is 5.01 Å². The van der Waals surface area contributed by atoms with Crippen LogP contribution in [0.4, 0.5) is 5.69 Å². The van der Waals surface area contributed by atoms with Gasteiger partial charge in [0.15, 0.2) is 5.92 Å². The maximum absolute atomic E-state index is 12.3. The lowest BCUT2D eigenvalue weighted by molar-refractivity contribution is -0.137. The van der Waals surface area contributed by atoms with E-state index in [0.29, 0.717) is 13.1 Å². The fraction of sp³-hybridized carbons (Fsp3) is 0.429. The summed E-state index contributed by atoms with van der Waals surface area (Å²) in [6.07, 6.45) is 0. The molecule has 0 spiro atoms. The van der Waals surface area contributed by atoms with Crippen molar-refractivity contribution >= 4 is 11.6 Å². The number of rotatable bonds is 2. The molecule has 5 heteroatoms. The maximum atomic E-state index is 12.3. The number of methoxy groups -OCH3 is 1. The third-order valence-electron chi connectivity index (χ3n) is 3.87. The zero-order chi connectivity index (χ0) is 13.6. The molecule has 1 fully saturated rings. The van der Waals surface area contributed by atoms with Crippen LogP contribution in [0.1, 0.15) is 18.4 Å². The Bertz CT molecular complexity index is 572. The van der Waals surface area contributed by atoms with Gasteiger partial charge >= 0.3 is 0 Å². The van der Waals surface area contributed by atoms with E-state index >= 15 is 0 Å². The molecule has 1 unspecified atom stereocenters. The van der Waals surface area contributed by atoms with Crippen LogP contribution in [0.15, 0.2) is 24.3 Å². The molecule has 0 radical (unpaired) electrons. The van der Waals surface area contributed by atoms with E-state index in [1.165, 1.54) is 0 Å². The minimum absolute atomic E-state index is 0.165. The van der Waals surface area contributed by atoms with Gasteiger partial charge in [0, 0.05) is 25.8 Å². The van der Waals surface area contributed by atoms with E-state index in [-0.39, 0.29) is 11.5 Å². The first-order valence-corrected chi connectivity index (χ1v) is 6.22. The van der Waals surface area contributed by atoms with Crippen molar-refractivity contribution in [1.29, 1.82) is 5.26 Å². The van der Waals surface area contributed by atoms with Gasteiger partial charge in [-0.1, -0.05) is 18.2 Å². The fourth-order valence-electron chi connectivity index (χ4n) is 2.71. The monoisotopic (exact) mass is 257 g/mol. The molecule has 1 amide bonds. The number of hydrogen-bond acceptors (Lipinski definition) is 4. The second-order valence-electron chi connectivity index (χ2n) is 5.25. The number of para-hydroxylation sites is 1. The van der Waals surface area contributed by atoms with Crippen molar-refractivity contribution in [3.8, 4) is 6.07 Å². The summed E-state index contributed by atoms with van der Waals surface area (Å²) in [6.45, 7) is 3.32. The zero-order valence-electron chi connectivity index (χ0n) is 11.0. The summed E-state index contributed by atoms with van der Waals surface area (Å²) in [4.78, 5) is 12.3. The zero-order valence-corrected chi connectivity index (χ0v) is 11.0. The van der Waals surface area contributed by atoms with Crippen molar-refractivity contribution in [3.05, 3.63) is 29.8 Å². The third kappa shape index (κ3) is 1.65. The van der Waals surface area contributed by atoms with E-state index in [4.69, 9.17) is 4.74 Å². The van der Waals surface area contributed by atoms with E-state index in [2.05, 4.69) is 6.07 Å². The molecule has 2 heterocycles. The van der Waals surface area contributed by atoms with Crippen molar-refractivity contribution in [2.75, 3.05) is 25.2 Å². The molecule has 1 aromatic rings. The van der Waals surface area contributed by atoms with Crippen LogP contribution in [0.5, 0.6) is 0 Å². The summed E-state index contributed by atoms with van der Waals surface area (Å²) >= 11 is 0. The van der Waals surface area contributed by atoms with Gasteiger partial charge in [-0.3, -0.25) is 4.79 Å². The molecule has 0 saturated carbocycles. The highest BCUT2D eigenvalue weighted by Gasteiger charge is 2.48. The average molecular weight is 257 g/mol. The number of carbonyl (C=O) groups is 1. The van der Waals surface area contributed by atoms with E-state index in [0.717, 1.165) is 11.3 Å². The largest absolute Gasteiger partial charge is 0.376 e. The Hall–Kier alpha value is -1.90. The Kier molecular flexibility index (Phi) is 2.59. The average Bonchev–Trinajstić information content (AvgIpc) is 2.66. The minimum Gasteiger partial charge on any atom is -0.376 e. The lowest BCUT2D eigenvalue weighted by atomic mass is 9.99. The first kappa shape index (κ1) is 12.2. The number of benzene rings is 1. The van der Waals surface area contributed by atoms with Gasteiger partial charge in [-0.05, 0) is 13.0 Å². The van der Waals surface area contributed by atoms with Gasteiger partial charge in [0.25, 0.3) is 5.91 Å². The summed E-state index contributed by atoms with van der Waals surface area (Å²) in [5.41, 5.74) is 1.40. The van der Waals surface area contributed by atoms with Gasteiger partial charge in [-0.15, -0.1) is 0 Å². The quantitative estimate of drug-likeness (QED) is 0.800.